The lowest BCUT2D eigenvalue weighted by molar-refractivity contribution is -0.127. The molecule has 0 fully saturated rings. The first kappa shape index (κ1) is 16.9. The highest BCUT2D eigenvalue weighted by atomic mass is 32.2. The van der Waals surface area contributed by atoms with Crippen LogP contribution < -0.4 is 0 Å². The van der Waals surface area contributed by atoms with Gasteiger partial charge in [0, 0.05) is 7.05 Å². The molecule has 3 rings (SSSR count). The highest BCUT2D eigenvalue weighted by Crippen LogP contribution is 2.24. The van der Waals surface area contributed by atoms with Crippen molar-refractivity contribution in [3.63, 3.8) is 0 Å². The molecular weight excluding hydrogens is 362 g/mol. The van der Waals surface area contributed by atoms with E-state index in [1.165, 1.54) is 23.1 Å². The van der Waals surface area contributed by atoms with Gasteiger partial charge in [0.25, 0.3) is 0 Å². The fourth-order valence-electron chi connectivity index (χ4n) is 2.01. The van der Waals surface area contributed by atoms with Crippen LogP contribution in [0, 0.1) is 3.95 Å². The summed E-state index contributed by atoms with van der Waals surface area (Å²) < 4.78 is 8.43. The van der Waals surface area contributed by atoms with Gasteiger partial charge in [-0.05, 0) is 36.5 Å². The number of thioether (sulfide) groups is 1. The molecule has 0 aliphatic carbocycles. The molecule has 0 bridgehead atoms. The van der Waals surface area contributed by atoms with Crippen molar-refractivity contribution in [1.82, 2.24) is 14.7 Å². The van der Waals surface area contributed by atoms with E-state index in [0.29, 0.717) is 16.3 Å². The Labute approximate surface area is 152 Å². The van der Waals surface area contributed by atoms with Crippen molar-refractivity contribution in [2.24, 2.45) is 0 Å². The number of carbonyl (C=O) groups is 1. The maximum atomic E-state index is 12.2. The van der Waals surface area contributed by atoms with Crippen LogP contribution in [0.4, 0.5) is 0 Å². The molecule has 8 heteroatoms. The smallest absolute Gasteiger partial charge is 0.233 e. The van der Waals surface area contributed by atoms with E-state index in [2.05, 4.69) is 5.10 Å². The van der Waals surface area contributed by atoms with E-state index in [9.17, 15) is 4.79 Å². The number of hydrogen-bond acceptors (Lipinski definition) is 6. The Morgan fingerprint density at radius 3 is 2.83 bits per heavy atom. The van der Waals surface area contributed by atoms with Crippen molar-refractivity contribution in [1.29, 1.82) is 0 Å². The second-order valence-electron chi connectivity index (χ2n) is 5.00. The maximum Gasteiger partial charge on any atom is 0.233 e. The van der Waals surface area contributed by atoms with Gasteiger partial charge in [-0.2, -0.15) is 0 Å². The van der Waals surface area contributed by atoms with E-state index in [1.54, 1.807) is 22.9 Å². The molecule has 0 N–H and O–H groups in total. The Hall–Kier alpha value is -1.90. The van der Waals surface area contributed by atoms with Crippen LogP contribution in [0.3, 0.4) is 0 Å². The van der Waals surface area contributed by atoms with Gasteiger partial charge in [0.15, 0.2) is 8.29 Å². The molecule has 0 radical (unpaired) electrons. The lowest BCUT2D eigenvalue weighted by Crippen LogP contribution is -2.27. The summed E-state index contributed by atoms with van der Waals surface area (Å²) in [5.41, 5.74) is 0.923. The predicted molar refractivity (Wildman–Crippen MR) is 98.2 cm³/mol. The van der Waals surface area contributed by atoms with Crippen LogP contribution >= 0.6 is 35.3 Å². The van der Waals surface area contributed by atoms with Crippen LogP contribution in [0.25, 0.3) is 5.69 Å². The van der Waals surface area contributed by atoms with Crippen molar-refractivity contribution in [3.05, 3.63) is 58.4 Å². The average molecular weight is 378 g/mol. The van der Waals surface area contributed by atoms with Gasteiger partial charge in [-0.1, -0.05) is 41.3 Å². The van der Waals surface area contributed by atoms with Crippen LogP contribution in [0.1, 0.15) is 5.76 Å². The Morgan fingerprint density at radius 1 is 1.33 bits per heavy atom. The van der Waals surface area contributed by atoms with Crippen molar-refractivity contribution in [2.45, 2.75) is 10.9 Å². The van der Waals surface area contributed by atoms with E-state index < -0.39 is 0 Å². The summed E-state index contributed by atoms with van der Waals surface area (Å²) >= 11 is 8.17. The van der Waals surface area contributed by atoms with E-state index in [1.807, 2.05) is 42.5 Å². The molecule has 24 heavy (non-hydrogen) atoms. The minimum Gasteiger partial charge on any atom is -0.467 e. The zero-order chi connectivity index (χ0) is 16.9. The quantitative estimate of drug-likeness (QED) is 0.480. The van der Waals surface area contributed by atoms with Crippen molar-refractivity contribution >= 4 is 41.2 Å². The normalized spacial score (nSPS) is 10.7. The number of benzene rings is 1. The number of carbonyl (C=O) groups excluding carboxylic acids is 1. The molecule has 0 saturated heterocycles. The van der Waals surface area contributed by atoms with E-state index >= 15 is 0 Å². The minimum atomic E-state index is 0.0174. The molecule has 1 aromatic carbocycles. The summed E-state index contributed by atoms with van der Waals surface area (Å²) in [4.78, 5) is 13.8. The van der Waals surface area contributed by atoms with Crippen LogP contribution in [0.2, 0.25) is 0 Å². The summed E-state index contributed by atoms with van der Waals surface area (Å²) in [6.07, 6.45) is 1.60. The van der Waals surface area contributed by atoms with Crippen molar-refractivity contribution in [3.8, 4) is 5.69 Å². The number of hydrogen-bond donors (Lipinski definition) is 0. The van der Waals surface area contributed by atoms with E-state index in [-0.39, 0.29) is 5.91 Å². The molecule has 2 heterocycles. The molecule has 0 saturated carbocycles. The SMILES string of the molecule is CN(Cc1ccco1)C(=O)CSc1nn(-c2ccccc2)c(=S)s1. The van der Waals surface area contributed by atoms with Gasteiger partial charge in [0.05, 0.1) is 24.2 Å². The first-order valence-corrected chi connectivity index (χ1v) is 9.39. The third kappa shape index (κ3) is 4.14. The van der Waals surface area contributed by atoms with Crippen LogP contribution in [0.15, 0.2) is 57.5 Å². The van der Waals surface area contributed by atoms with Crippen molar-refractivity contribution in [2.75, 3.05) is 12.8 Å². The van der Waals surface area contributed by atoms with Gasteiger partial charge >= 0.3 is 0 Å². The third-order valence-electron chi connectivity index (χ3n) is 3.25. The Balaban J connectivity index is 1.61. The zero-order valence-electron chi connectivity index (χ0n) is 12.9. The van der Waals surface area contributed by atoms with Gasteiger partial charge in [0.1, 0.15) is 5.76 Å². The zero-order valence-corrected chi connectivity index (χ0v) is 15.4. The molecule has 1 amide bonds. The number of rotatable bonds is 6. The first-order valence-electron chi connectivity index (χ1n) is 7.18. The minimum absolute atomic E-state index is 0.0174. The van der Waals surface area contributed by atoms with Gasteiger partial charge < -0.3 is 9.32 Å². The Morgan fingerprint density at radius 2 is 2.12 bits per heavy atom. The Bertz CT molecular complexity index is 856. The number of amides is 1. The van der Waals surface area contributed by atoms with Gasteiger partial charge in [-0.25, -0.2) is 4.68 Å². The largest absolute Gasteiger partial charge is 0.467 e. The van der Waals surface area contributed by atoms with Crippen LogP contribution in [-0.2, 0) is 11.3 Å². The van der Waals surface area contributed by atoms with Gasteiger partial charge in [-0.15, -0.1) is 5.10 Å². The fourth-order valence-corrected chi connectivity index (χ4v) is 4.31. The summed E-state index contributed by atoms with van der Waals surface area (Å²) in [6.45, 7) is 0.459. The number of nitrogens with zero attached hydrogens (tertiary/aromatic N) is 3. The second-order valence-corrected chi connectivity index (χ2v) is 7.84. The topological polar surface area (TPSA) is 51.3 Å². The first-order chi connectivity index (χ1) is 11.6. The van der Waals surface area contributed by atoms with E-state index in [0.717, 1.165) is 15.8 Å². The lowest BCUT2D eigenvalue weighted by Gasteiger charge is -2.14. The predicted octanol–water partition coefficient (Wildman–Crippen LogP) is 4.01. The molecule has 0 unspecified atom stereocenters. The third-order valence-corrected chi connectivity index (χ3v) is 5.60. The summed E-state index contributed by atoms with van der Waals surface area (Å²) in [7, 11) is 1.76. The van der Waals surface area contributed by atoms with Crippen molar-refractivity contribution < 1.29 is 9.21 Å². The molecule has 0 spiro atoms. The number of furan rings is 1. The molecule has 0 atom stereocenters. The molecule has 124 valence electrons. The van der Waals surface area contributed by atoms with E-state index in [4.69, 9.17) is 16.6 Å². The van der Waals surface area contributed by atoms with Crippen LogP contribution in [-0.4, -0.2) is 33.4 Å². The molecular formula is C16H15N3O2S3. The molecule has 0 aliphatic rings. The summed E-state index contributed by atoms with van der Waals surface area (Å²) in [5.74, 6) is 1.09. The monoisotopic (exact) mass is 377 g/mol. The molecule has 0 aliphatic heterocycles. The average Bonchev–Trinajstić information content (AvgIpc) is 3.23. The standard InChI is InChI=1S/C16H15N3O2S3/c1-18(10-13-8-5-9-21-13)14(20)11-23-15-17-19(16(22)24-15)12-6-3-2-4-7-12/h2-9H,10-11H2,1H3. The van der Waals surface area contributed by atoms with Crippen LogP contribution in [0.5, 0.6) is 0 Å². The van der Waals surface area contributed by atoms with Gasteiger partial charge in [-0.3, -0.25) is 4.79 Å². The highest BCUT2D eigenvalue weighted by molar-refractivity contribution is 8.01. The highest BCUT2D eigenvalue weighted by Gasteiger charge is 2.13. The summed E-state index contributed by atoms with van der Waals surface area (Å²) in [5, 5.41) is 4.49. The summed E-state index contributed by atoms with van der Waals surface area (Å²) in [6, 6.07) is 13.4. The lowest BCUT2D eigenvalue weighted by atomic mass is 10.3. The van der Waals surface area contributed by atoms with Gasteiger partial charge in [0.2, 0.25) is 5.91 Å². The molecule has 2 aromatic heterocycles. The molecule has 5 nitrogen and oxygen atoms in total. The Kier molecular flexibility index (Phi) is 5.49. The fraction of sp³-hybridized carbons (Fsp3) is 0.188. The maximum absolute atomic E-state index is 12.2. The molecule has 3 aromatic rings. The number of aromatic nitrogens is 2. The second kappa shape index (κ2) is 7.78. The number of para-hydroxylation sites is 1.